The van der Waals surface area contributed by atoms with Crippen LogP contribution in [-0.4, -0.2) is 37.2 Å². The fourth-order valence-electron chi connectivity index (χ4n) is 2.50. The summed E-state index contributed by atoms with van der Waals surface area (Å²) < 4.78 is 24.0. The number of hydrogen-bond donors (Lipinski definition) is 1. The predicted octanol–water partition coefficient (Wildman–Crippen LogP) is 1.07. The summed E-state index contributed by atoms with van der Waals surface area (Å²) in [7, 11) is -3.38. The maximum atomic E-state index is 12.0. The highest BCUT2D eigenvalue weighted by molar-refractivity contribution is 7.92. The van der Waals surface area contributed by atoms with Crippen molar-refractivity contribution in [3.63, 3.8) is 0 Å². The molecule has 1 atom stereocenters. The zero-order valence-electron chi connectivity index (χ0n) is 11.8. The van der Waals surface area contributed by atoms with E-state index in [9.17, 15) is 18.0 Å². The number of carbonyl (C=O) groups excluding carboxylic acids is 2. The molecule has 0 aliphatic heterocycles. The number of amides is 1. The number of ketones is 1. The van der Waals surface area contributed by atoms with E-state index >= 15 is 0 Å². The molecule has 1 fully saturated rings. The Morgan fingerprint density at radius 1 is 1.21 bits per heavy atom. The SMILES string of the molecule is CC(=O)C(NC(=O)CS(=O)(=O)C1CCCC1)C(C)C. The average molecular weight is 289 g/mol. The Balaban J connectivity index is 2.61. The van der Waals surface area contributed by atoms with E-state index in [-0.39, 0.29) is 17.0 Å². The van der Waals surface area contributed by atoms with Gasteiger partial charge in [0.05, 0.1) is 11.3 Å². The van der Waals surface area contributed by atoms with E-state index in [2.05, 4.69) is 5.32 Å². The molecule has 1 rings (SSSR count). The summed E-state index contributed by atoms with van der Waals surface area (Å²) in [5.74, 6) is -1.27. The van der Waals surface area contributed by atoms with Gasteiger partial charge in [0.15, 0.2) is 15.6 Å². The average Bonchev–Trinajstić information content (AvgIpc) is 2.78. The molecule has 19 heavy (non-hydrogen) atoms. The molecule has 110 valence electrons. The Hall–Kier alpha value is -0.910. The molecule has 1 aliphatic carbocycles. The number of nitrogens with one attached hydrogen (secondary N) is 1. The quantitative estimate of drug-likeness (QED) is 0.793. The van der Waals surface area contributed by atoms with Gasteiger partial charge in [-0.05, 0) is 25.7 Å². The van der Waals surface area contributed by atoms with E-state index in [4.69, 9.17) is 0 Å². The van der Waals surface area contributed by atoms with Crippen molar-refractivity contribution in [1.82, 2.24) is 5.32 Å². The van der Waals surface area contributed by atoms with Gasteiger partial charge in [-0.2, -0.15) is 0 Å². The van der Waals surface area contributed by atoms with Crippen molar-refractivity contribution >= 4 is 21.5 Å². The largest absolute Gasteiger partial charge is 0.345 e. The molecule has 0 bridgehead atoms. The van der Waals surface area contributed by atoms with Crippen LogP contribution < -0.4 is 5.32 Å². The number of Topliss-reactive ketones (excluding diaryl/α,β-unsaturated/α-hetero) is 1. The minimum absolute atomic E-state index is 0.0457. The van der Waals surface area contributed by atoms with E-state index in [1.54, 1.807) is 0 Å². The van der Waals surface area contributed by atoms with Gasteiger partial charge in [-0.3, -0.25) is 9.59 Å². The Morgan fingerprint density at radius 3 is 2.16 bits per heavy atom. The van der Waals surface area contributed by atoms with Gasteiger partial charge in [-0.15, -0.1) is 0 Å². The first-order chi connectivity index (χ1) is 8.74. The molecule has 0 spiro atoms. The van der Waals surface area contributed by atoms with Gasteiger partial charge in [0, 0.05) is 0 Å². The van der Waals surface area contributed by atoms with Crippen LogP contribution in [0.3, 0.4) is 0 Å². The lowest BCUT2D eigenvalue weighted by Gasteiger charge is -2.20. The second kappa shape index (κ2) is 6.50. The van der Waals surface area contributed by atoms with Gasteiger partial charge in [0.1, 0.15) is 5.75 Å². The number of carbonyl (C=O) groups is 2. The summed E-state index contributed by atoms with van der Waals surface area (Å²) in [6.07, 6.45) is 3.12. The number of sulfone groups is 1. The molecule has 0 radical (unpaired) electrons. The first-order valence-corrected chi connectivity index (χ1v) is 8.47. The maximum absolute atomic E-state index is 12.0. The minimum Gasteiger partial charge on any atom is -0.345 e. The van der Waals surface area contributed by atoms with E-state index in [0.29, 0.717) is 12.8 Å². The van der Waals surface area contributed by atoms with Crippen molar-refractivity contribution < 1.29 is 18.0 Å². The van der Waals surface area contributed by atoms with Crippen LogP contribution in [0.5, 0.6) is 0 Å². The molecule has 5 nitrogen and oxygen atoms in total. The normalized spacial score (nSPS) is 18.5. The topological polar surface area (TPSA) is 80.3 Å². The summed E-state index contributed by atoms with van der Waals surface area (Å²) in [5, 5.41) is 2.15. The zero-order chi connectivity index (χ0) is 14.6. The van der Waals surface area contributed by atoms with Crippen molar-refractivity contribution in [3.8, 4) is 0 Å². The van der Waals surface area contributed by atoms with Crippen molar-refractivity contribution in [3.05, 3.63) is 0 Å². The first-order valence-electron chi connectivity index (χ1n) is 6.75. The lowest BCUT2D eigenvalue weighted by Crippen LogP contribution is -2.46. The second-order valence-corrected chi connectivity index (χ2v) is 7.89. The molecular formula is C13H23NO4S. The monoisotopic (exact) mass is 289 g/mol. The third kappa shape index (κ3) is 4.60. The Bertz CT molecular complexity index is 436. The smallest absolute Gasteiger partial charge is 0.235 e. The van der Waals surface area contributed by atoms with E-state index < -0.39 is 27.5 Å². The van der Waals surface area contributed by atoms with Crippen molar-refractivity contribution in [2.24, 2.45) is 5.92 Å². The molecule has 0 saturated heterocycles. The molecule has 1 aliphatic rings. The molecule has 1 N–H and O–H groups in total. The third-order valence-corrected chi connectivity index (χ3v) is 5.72. The van der Waals surface area contributed by atoms with Crippen LogP contribution >= 0.6 is 0 Å². The van der Waals surface area contributed by atoms with Crippen LogP contribution in [0.1, 0.15) is 46.5 Å². The molecule has 6 heteroatoms. The molecule has 0 heterocycles. The highest BCUT2D eigenvalue weighted by Gasteiger charge is 2.31. The maximum Gasteiger partial charge on any atom is 0.235 e. The Labute approximate surface area is 115 Å². The Morgan fingerprint density at radius 2 is 1.74 bits per heavy atom. The van der Waals surface area contributed by atoms with Crippen LogP contribution in [-0.2, 0) is 19.4 Å². The predicted molar refractivity (Wildman–Crippen MR) is 73.5 cm³/mol. The van der Waals surface area contributed by atoms with E-state index in [1.807, 2.05) is 13.8 Å². The zero-order valence-corrected chi connectivity index (χ0v) is 12.6. The van der Waals surface area contributed by atoms with Crippen molar-refractivity contribution in [1.29, 1.82) is 0 Å². The number of hydrogen-bond acceptors (Lipinski definition) is 4. The minimum atomic E-state index is -3.38. The summed E-state index contributed by atoms with van der Waals surface area (Å²) in [6.45, 7) is 5.03. The molecule has 0 aromatic heterocycles. The van der Waals surface area contributed by atoms with Gasteiger partial charge in [0.25, 0.3) is 0 Å². The summed E-state index contributed by atoms with van der Waals surface area (Å²) in [5.41, 5.74) is 0. The fourth-order valence-corrected chi connectivity index (χ4v) is 4.24. The highest BCUT2D eigenvalue weighted by Crippen LogP contribution is 2.25. The van der Waals surface area contributed by atoms with Gasteiger partial charge < -0.3 is 5.32 Å². The summed E-state index contributed by atoms with van der Waals surface area (Å²) >= 11 is 0. The molecule has 1 amide bonds. The van der Waals surface area contributed by atoms with E-state index in [0.717, 1.165) is 12.8 Å². The first kappa shape index (κ1) is 16.1. The second-order valence-electron chi connectivity index (χ2n) is 5.61. The standard InChI is InChI=1S/C13H23NO4S/c1-9(2)13(10(3)15)14-12(16)8-19(17,18)11-6-4-5-7-11/h9,11,13H,4-8H2,1-3H3,(H,14,16). The van der Waals surface area contributed by atoms with Gasteiger partial charge in [-0.25, -0.2) is 8.42 Å². The molecular weight excluding hydrogens is 266 g/mol. The molecule has 0 aromatic rings. The van der Waals surface area contributed by atoms with Crippen LogP contribution in [0.4, 0.5) is 0 Å². The fraction of sp³-hybridized carbons (Fsp3) is 0.846. The molecule has 1 saturated carbocycles. The Kier molecular flexibility index (Phi) is 5.52. The lowest BCUT2D eigenvalue weighted by atomic mass is 10.0. The van der Waals surface area contributed by atoms with Crippen molar-refractivity contribution in [2.75, 3.05) is 5.75 Å². The van der Waals surface area contributed by atoms with Crippen LogP contribution in [0.2, 0.25) is 0 Å². The van der Waals surface area contributed by atoms with Gasteiger partial charge >= 0.3 is 0 Å². The molecule has 1 unspecified atom stereocenters. The van der Waals surface area contributed by atoms with Crippen LogP contribution in [0, 0.1) is 5.92 Å². The number of rotatable bonds is 6. The van der Waals surface area contributed by atoms with Crippen LogP contribution in [0.25, 0.3) is 0 Å². The molecule has 0 aromatic carbocycles. The van der Waals surface area contributed by atoms with Crippen LogP contribution in [0.15, 0.2) is 0 Å². The summed E-state index contributed by atoms with van der Waals surface area (Å²) in [4.78, 5) is 23.2. The summed E-state index contributed by atoms with van der Waals surface area (Å²) in [6, 6.07) is -0.605. The van der Waals surface area contributed by atoms with Gasteiger partial charge in [0.2, 0.25) is 5.91 Å². The van der Waals surface area contributed by atoms with E-state index in [1.165, 1.54) is 6.92 Å². The third-order valence-electron chi connectivity index (χ3n) is 3.56. The lowest BCUT2D eigenvalue weighted by molar-refractivity contribution is -0.126. The highest BCUT2D eigenvalue weighted by atomic mass is 32.2. The van der Waals surface area contributed by atoms with Crippen molar-refractivity contribution in [2.45, 2.75) is 57.7 Å². The van der Waals surface area contributed by atoms with Gasteiger partial charge in [-0.1, -0.05) is 26.7 Å².